The number of ether oxygens (including phenoxy) is 1. The molecule has 0 N–H and O–H groups in total. The van der Waals surface area contributed by atoms with Gasteiger partial charge in [0.25, 0.3) is 0 Å². The van der Waals surface area contributed by atoms with E-state index in [0.717, 1.165) is 69.6 Å². The topological polar surface area (TPSA) is 44.7 Å². The fraction of sp³-hybridized carbons (Fsp3) is 0.524. The third-order valence-electron chi connectivity index (χ3n) is 5.55. The quantitative estimate of drug-likeness (QED) is 0.669. The van der Waals surface area contributed by atoms with Crippen molar-refractivity contribution in [2.75, 3.05) is 62.3 Å². The SMILES string of the molecule is CC(C)N1CCN(c2cnc(-c3ccc(N4CCOCC4)cc3)cn2)CC1.Cl.Cl.Cl. The zero-order chi connectivity index (χ0) is 18.6. The van der Waals surface area contributed by atoms with E-state index in [0.29, 0.717) is 6.04 Å². The van der Waals surface area contributed by atoms with Gasteiger partial charge in [0.15, 0.2) is 0 Å². The van der Waals surface area contributed by atoms with Crippen molar-refractivity contribution in [1.29, 1.82) is 0 Å². The highest BCUT2D eigenvalue weighted by molar-refractivity contribution is 5.86. The molecule has 0 spiro atoms. The van der Waals surface area contributed by atoms with Gasteiger partial charge in [-0.25, -0.2) is 4.98 Å². The molecule has 3 heterocycles. The molecule has 1 aromatic heterocycles. The molecule has 9 heteroatoms. The number of morpholine rings is 1. The van der Waals surface area contributed by atoms with Crippen molar-refractivity contribution >= 4 is 48.7 Å². The molecule has 2 aliphatic heterocycles. The lowest BCUT2D eigenvalue weighted by Crippen LogP contribution is -2.49. The first kappa shape index (κ1) is 26.7. The molecule has 6 nitrogen and oxygen atoms in total. The summed E-state index contributed by atoms with van der Waals surface area (Å²) >= 11 is 0. The van der Waals surface area contributed by atoms with Crippen molar-refractivity contribution < 1.29 is 4.74 Å². The van der Waals surface area contributed by atoms with E-state index < -0.39 is 0 Å². The third kappa shape index (κ3) is 6.34. The predicted molar refractivity (Wildman–Crippen MR) is 131 cm³/mol. The Labute approximate surface area is 198 Å². The standard InChI is InChI=1S/C21H29N5O.3ClH/c1-17(2)24-7-9-26(10-8-24)21-16-22-20(15-23-21)18-3-5-19(6-4-18)25-11-13-27-14-12-25;;;/h3-6,15-17H,7-14H2,1-2H3;3*1H. The third-order valence-corrected chi connectivity index (χ3v) is 5.55. The van der Waals surface area contributed by atoms with Crippen LogP contribution in [-0.4, -0.2) is 73.4 Å². The molecule has 0 radical (unpaired) electrons. The van der Waals surface area contributed by atoms with Gasteiger partial charge >= 0.3 is 0 Å². The van der Waals surface area contributed by atoms with Crippen LogP contribution in [0.15, 0.2) is 36.7 Å². The van der Waals surface area contributed by atoms with E-state index >= 15 is 0 Å². The van der Waals surface area contributed by atoms with E-state index in [1.807, 2.05) is 12.4 Å². The summed E-state index contributed by atoms with van der Waals surface area (Å²) in [6.07, 6.45) is 3.81. The lowest BCUT2D eigenvalue weighted by molar-refractivity contribution is 0.122. The zero-order valence-corrected chi connectivity index (χ0v) is 20.0. The van der Waals surface area contributed by atoms with Crippen LogP contribution in [0.25, 0.3) is 11.3 Å². The Morgan fingerprint density at radius 2 is 1.40 bits per heavy atom. The van der Waals surface area contributed by atoms with Gasteiger partial charge in [-0.1, -0.05) is 12.1 Å². The summed E-state index contributed by atoms with van der Waals surface area (Å²) < 4.78 is 5.43. The van der Waals surface area contributed by atoms with Crippen molar-refractivity contribution in [1.82, 2.24) is 14.9 Å². The van der Waals surface area contributed by atoms with Gasteiger partial charge in [0.1, 0.15) is 5.82 Å². The fourth-order valence-electron chi connectivity index (χ4n) is 3.77. The van der Waals surface area contributed by atoms with Crippen LogP contribution in [0.4, 0.5) is 11.5 Å². The first-order valence-corrected chi connectivity index (χ1v) is 9.95. The summed E-state index contributed by atoms with van der Waals surface area (Å²) in [5.41, 5.74) is 3.28. The number of hydrogen-bond donors (Lipinski definition) is 0. The van der Waals surface area contributed by atoms with E-state index in [4.69, 9.17) is 4.74 Å². The summed E-state index contributed by atoms with van der Waals surface area (Å²) in [4.78, 5) is 16.5. The molecule has 0 saturated carbocycles. The van der Waals surface area contributed by atoms with Crippen molar-refractivity contribution in [2.45, 2.75) is 19.9 Å². The maximum Gasteiger partial charge on any atom is 0.147 e. The molecule has 4 rings (SSSR count). The maximum absolute atomic E-state index is 5.43. The second kappa shape index (κ2) is 12.5. The number of halogens is 3. The Kier molecular flexibility index (Phi) is 11.2. The molecule has 2 fully saturated rings. The highest BCUT2D eigenvalue weighted by Crippen LogP contribution is 2.23. The number of benzene rings is 1. The van der Waals surface area contributed by atoms with Gasteiger partial charge in [-0.3, -0.25) is 9.88 Å². The highest BCUT2D eigenvalue weighted by Gasteiger charge is 2.20. The molecular formula is C21H32Cl3N5O. The van der Waals surface area contributed by atoms with Gasteiger partial charge in [0, 0.05) is 56.6 Å². The van der Waals surface area contributed by atoms with Crippen LogP contribution >= 0.6 is 37.2 Å². The summed E-state index contributed by atoms with van der Waals surface area (Å²) in [5.74, 6) is 0.979. The Morgan fingerprint density at radius 1 is 0.767 bits per heavy atom. The van der Waals surface area contributed by atoms with Crippen LogP contribution in [0.1, 0.15) is 13.8 Å². The van der Waals surface area contributed by atoms with Crippen LogP contribution < -0.4 is 9.80 Å². The Bertz CT molecular complexity index is 731. The van der Waals surface area contributed by atoms with Crippen LogP contribution in [0, 0.1) is 0 Å². The summed E-state index contributed by atoms with van der Waals surface area (Å²) in [5, 5.41) is 0. The van der Waals surface area contributed by atoms with E-state index in [2.05, 4.69) is 62.8 Å². The predicted octanol–water partition coefficient (Wildman–Crippen LogP) is 3.78. The average Bonchev–Trinajstić information content (AvgIpc) is 2.75. The number of hydrogen-bond acceptors (Lipinski definition) is 6. The van der Waals surface area contributed by atoms with Gasteiger partial charge in [-0.2, -0.15) is 0 Å². The molecule has 168 valence electrons. The molecule has 0 aliphatic carbocycles. The largest absolute Gasteiger partial charge is 0.378 e. The van der Waals surface area contributed by atoms with Gasteiger partial charge < -0.3 is 14.5 Å². The van der Waals surface area contributed by atoms with Crippen LogP contribution in [0.2, 0.25) is 0 Å². The first-order chi connectivity index (χ1) is 13.2. The van der Waals surface area contributed by atoms with E-state index in [1.165, 1.54) is 5.69 Å². The zero-order valence-electron chi connectivity index (χ0n) is 17.6. The van der Waals surface area contributed by atoms with Gasteiger partial charge in [0.2, 0.25) is 0 Å². The molecule has 0 unspecified atom stereocenters. The van der Waals surface area contributed by atoms with Gasteiger partial charge in [-0.05, 0) is 26.0 Å². The second-order valence-electron chi connectivity index (χ2n) is 7.52. The monoisotopic (exact) mass is 475 g/mol. The Balaban J connectivity index is 0.00000150. The Morgan fingerprint density at radius 3 is 1.93 bits per heavy atom. The van der Waals surface area contributed by atoms with E-state index in [9.17, 15) is 0 Å². The number of anilines is 2. The van der Waals surface area contributed by atoms with Crippen LogP contribution in [0.3, 0.4) is 0 Å². The van der Waals surface area contributed by atoms with Crippen LogP contribution in [0.5, 0.6) is 0 Å². The lowest BCUT2D eigenvalue weighted by atomic mass is 10.1. The van der Waals surface area contributed by atoms with E-state index in [1.54, 1.807) is 0 Å². The molecular weight excluding hydrogens is 445 g/mol. The molecule has 1 aromatic carbocycles. The molecule has 2 saturated heterocycles. The molecule has 2 aromatic rings. The van der Waals surface area contributed by atoms with Crippen molar-refractivity contribution in [2.24, 2.45) is 0 Å². The minimum atomic E-state index is 0. The normalized spacial score (nSPS) is 17.0. The lowest BCUT2D eigenvalue weighted by Gasteiger charge is -2.37. The number of nitrogens with zero attached hydrogens (tertiary/aromatic N) is 5. The fourth-order valence-corrected chi connectivity index (χ4v) is 3.77. The number of aromatic nitrogens is 2. The molecule has 30 heavy (non-hydrogen) atoms. The van der Waals surface area contributed by atoms with Crippen molar-refractivity contribution in [3.05, 3.63) is 36.7 Å². The summed E-state index contributed by atoms with van der Waals surface area (Å²) in [6.45, 7) is 12.2. The van der Waals surface area contributed by atoms with Crippen molar-refractivity contribution in [3.8, 4) is 11.3 Å². The highest BCUT2D eigenvalue weighted by atomic mass is 35.5. The molecule has 0 bridgehead atoms. The smallest absolute Gasteiger partial charge is 0.147 e. The molecule has 0 atom stereocenters. The van der Waals surface area contributed by atoms with E-state index in [-0.39, 0.29) is 37.2 Å². The van der Waals surface area contributed by atoms with Crippen molar-refractivity contribution in [3.63, 3.8) is 0 Å². The molecule has 0 amide bonds. The summed E-state index contributed by atoms with van der Waals surface area (Å²) in [7, 11) is 0. The summed E-state index contributed by atoms with van der Waals surface area (Å²) in [6, 6.07) is 9.22. The van der Waals surface area contributed by atoms with Gasteiger partial charge in [-0.15, -0.1) is 37.2 Å². The Hall–Kier alpha value is -1.31. The second-order valence-corrected chi connectivity index (χ2v) is 7.52. The number of rotatable bonds is 4. The maximum atomic E-state index is 5.43. The van der Waals surface area contributed by atoms with Gasteiger partial charge in [0.05, 0.1) is 31.3 Å². The minimum Gasteiger partial charge on any atom is -0.378 e. The molecule has 2 aliphatic rings. The first-order valence-electron chi connectivity index (χ1n) is 9.95. The number of piperazine rings is 1. The minimum absolute atomic E-state index is 0. The van der Waals surface area contributed by atoms with Crippen LogP contribution in [-0.2, 0) is 4.74 Å². The average molecular weight is 477 g/mol.